The standard InChI is InChI=1S/C13H16O3/c14-10-4-2-1-3-5-11-6-8-12(9-7-11)13(15)16/h6-10H,1-5H2,(H,15,16). The van der Waals surface area contributed by atoms with Crippen LogP contribution in [0.15, 0.2) is 24.3 Å². The lowest BCUT2D eigenvalue weighted by Gasteiger charge is -2.01. The van der Waals surface area contributed by atoms with E-state index in [4.69, 9.17) is 5.11 Å². The summed E-state index contributed by atoms with van der Waals surface area (Å²) in [5, 5.41) is 8.72. The second-order valence-electron chi connectivity index (χ2n) is 3.77. The number of unbranched alkanes of at least 4 members (excludes halogenated alkanes) is 3. The molecule has 86 valence electrons. The molecule has 0 bridgehead atoms. The number of aryl methyl sites for hydroxylation is 1. The van der Waals surface area contributed by atoms with E-state index < -0.39 is 5.97 Å². The van der Waals surface area contributed by atoms with Crippen LogP contribution in [0.1, 0.15) is 41.6 Å². The fourth-order valence-corrected chi connectivity index (χ4v) is 1.55. The van der Waals surface area contributed by atoms with Crippen LogP contribution in [0.3, 0.4) is 0 Å². The minimum atomic E-state index is -0.891. The Labute approximate surface area is 95.1 Å². The third-order valence-electron chi connectivity index (χ3n) is 2.49. The smallest absolute Gasteiger partial charge is 0.335 e. The Hall–Kier alpha value is -1.64. The fourth-order valence-electron chi connectivity index (χ4n) is 1.55. The van der Waals surface area contributed by atoms with Crippen molar-refractivity contribution < 1.29 is 14.7 Å². The monoisotopic (exact) mass is 220 g/mol. The number of hydrogen-bond donors (Lipinski definition) is 1. The Balaban J connectivity index is 2.32. The van der Waals surface area contributed by atoms with E-state index in [1.165, 1.54) is 0 Å². The van der Waals surface area contributed by atoms with Crippen molar-refractivity contribution in [2.75, 3.05) is 0 Å². The summed E-state index contributed by atoms with van der Waals surface area (Å²) in [6, 6.07) is 6.96. The van der Waals surface area contributed by atoms with Crippen molar-refractivity contribution >= 4 is 12.3 Å². The number of carbonyl (C=O) groups is 2. The molecule has 0 heterocycles. The zero-order valence-corrected chi connectivity index (χ0v) is 9.19. The van der Waals surface area contributed by atoms with Gasteiger partial charge in [0.05, 0.1) is 5.56 Å². The summed E-state index contributed by atoms with van der Waals surface area (Å²) < 4.78 is 0. The van der Waals surface area contributed by atoms with E-state index in [2.05, 4.69) is 0 Å². The van der Waals surface area contributed by atoms with Gasteiger partial charge in [0, 0.05) is 6.42 Å². The van der Waals surface area contributed by atoms with E-state index in [1.54, 1.807) is 12.1 Å². The molecule has 1 rings (SSSR count). The summed E-state index contributed by atoms with van der Waals surface area (Å²) >= 11 is 0. The molecule has 1 aromatic carbocycles. The number of carboxylic acid groups (broad SMARTS) is 1. The van der Waals surface area contributed by atoms with Crippen LogP contribution in [0.5, 0.6) is 0 Å². The van der Waals surface area contributed by atoms with Crippen LogP contribution in [-0.4, -0.2) is 17.4 Å². The molecule has 0 aliphatic rings. The maximum atomic E-state index is 10.6. The SMILES string of the molecule is O=CCCCCCc1ccc(C(=O)O)cc1. The number of aldehydes is 1. The van der Waals surface area contributed by atoms with Gasteiger partial charge < -0.3 is 9.90 Å². The van der Waals surface area contributed by atoms with Crippen LogP contribution in [0.4, 0.5) is 0 Å². The first kappa shape index (κ1) is 12.4. The van der Waals surface area contributed by atoms with Gasteiger partial charge in [0.25, 0.3) is 0 Å². The van der Waals surface area contributed by atoms with Crippen LogP contribution in [0, 0.1) is 0 Å². The molecular weight excluding hydrogens is 204 g/mol. The summed E-state index contributed by atoms with van der Waals surface area (Å²) in [7, 11) is 0. The Bertz CT molecular complexity index is 341. The minimum Gasteiger partial charge on any atom is -0.478 e. The largest absolute Gasteiger partial charge is 0.478 e. The third kappa shape index (κ3) is 4.26. The Morgan fingerprint density at radius 2 is 1.81 bits per heavy atom. The third-order valence-corrected chi connectivity index (χ3v) is 2.49. The molecule has 1 aromatic rings. The Morgan fingerprint density at radius 3 is 2.38 bits per heavy atom. The van der Waals surface area contributed by atoms with E-state index in [0.29, 0.717) is 12.0 Å². The summed E-state index contributed by atoms with van der Waals surface area (Å²) in [5.41, 5.74) is 1.47. The molecule has 16 heavy (non-hydrogen) atoms. The molecule has 0 saturated carbocycles. The van der Waals surface area contributed by atoms with Gasteiger partial charge in [-0.2, -0.15) is 0 Å². The van der Waals surface area contributed by atoms with E-state index in [0.717, 1.165) is 37.5 Å². The van der Waals surface area contributed by atoms with E-state index in [9.17, 15) is 9.59 Å². The molecule has 0 fully saturated rings. The van der Waals surface area contributed by atoms with Gasteiger partial charge in [-0.15, -0.1) is 0 Å². The minimum absolute atomic E-state index is 0.324. The maximum absolute atomic E-state index is 10.6. The maximum Gasteiger partial charge on any atom is 0.335 e. The normalized spacial score (nSPS) is 10.0. The number of carboxylic acids is 1. The first-order valence-electron chi connectivity index (χ1n) is 5.50. The topological polar surface area (TPSA) is 54.4 Å². The van der Waals surface area contributed by atoms with Gasteiger partial charge in [-0.1, -0.05) is 18.6 Å². The van der Waals surface area contributed by atoms with Crippen LogP contribution < -0.4 is 0 Å². The van der Waals surface area contributed by atoms with Gasteiger partial charge in [-0.25, -0.2) is 4.79 Å². The number of hydrogen-bond acceptors (Lipinski definition) is 2. The lowest BCUT2D eigenvalue weighted by molar-refractivity contribution is -0.107. The molecule has 3 nitrogen and oxygen atoms in total. The van der Waals surface area contributed by atoms with Crippen LogP contribution in [-0.2, 0) is 11.2 Å². The molecule has 0 amide bonds. The molecular formula is C13H16O3. The van der Waals surface area contributed by atoms with Crippen molar-refractivity contribution in [2.24, 2.45) is 0 Å². The molecule has 1 N–H and O–H groups in total. The fraction of sp³-hybridized carbons (Fsp3) is 0.385. The van der Waals surface area contributed by atoms with Crippen molar-refractivity contribution in [1.29, 1.82) is 0 Å². The van der Waals surface area contributed by atoms with Gasteiger partial charge >= 0.3 is 5.97 Å². The Morgan fingerprint density at radius 1 is 1.12 bits per heavy atom. The van der Waals surface area contributed by atoms with Gasteiger partial charge in [-0.05, 0) is 37.0 Å². The van der Waals surface area contributed by atoms with Gasteiger partial charge in [0.15, 0.2) is 0 Å². The predicted molar refractivity (Wildman–Crippen MR) is 61.6 cm³/mol. The van der Waals surface area contributed by atoms with Crippen molar-refractivity contribution in [1.82, 2.24) is 0 Å². The van der Waals surface area contributed by atoms with Crippen molar-refractivity contribution in [3.63, 3.8) is 0 Å². The zero-order chi connectivity index (χ0) is 11.8. The van der Waals surface area contributed by atoms with Gasteiger partial charge in [0.1, 0.15) is 6.29 Å². The highest BCUT2D eigenvalue weighted by Gasteiger charge is 2.01. The quantitative estimate of drug-likeness (QED) is 0.567. The number of carbonyl (C=O) groups excluding carboxylic acids is 1. The first-order valence-corrected chi connectivity index (χ1v) is 5.50. The lowest BCUT2D eigenvalue weighted by atomic mass is 10.0. The molecule has 0 aliphatic carbocycles. The molecule has 0 unspecified atom stereocenters. The highest BCUT2D eigenvalue weighted by atomic mass is 16.4. The van der Waals surface area contributed by atoms with E-state index >= 15 is 0 Å². The number of rotatable bonds is 7. The number of benzene rings is 1. The van der Waals surface area contributed by atoms with Crippen LogP contribution >= 0.6 is 0 Å². The average Bonchev–Trinajstić information content (AvgIpc) is 2.29. The van der Waals surface area contributed by atoms with E-state index in [1.807, 2.05) is 12.1 Å². The second-order valence-corrected chi connectivity index (χ2v) is 3.77. The number of aromatic carboxylic acids is 1. The molecule has 3 heteroatoms. The van der Waals surface area contributed by atoms with E-state index in [-0.39, 0.29) is 0 Å². The zero-order valence-electron chi connectivity index (χ0n) is 9.19. The average molecular weight is 220 g/mol. The van der Waals surface area contributed by atoms with Crippen molar-refractivity contribution in [2.45, 2.75) is 32.1 Å². The second kappa shape index (κ2) is 6.77. The summed E-state index contributed by atoms with van der Waals surface area (Å²) in [4.78, 5) is 20.7. The Kier molecular flexibility index (Phi) is 5.26. The molecule has 0 aliphatic heterocycles. The molecule has 0 spiro atoms. The highest BCUT2D eigenvalue weighted by Crippen LogP contribution is 2.09. The van der Waals surface area contributed by atoms with Gasteiger partial charge in [0.2, 0.25) is 0 Å². The summed E-state index contributed by atoms with van der Waals surface area (Å²) in [5.74, 6) is -0.891. The lowest BCUT2D eigenvalue weighted by Crippen LogP contribution is -1.96. The van der Waals surface area contributed by atoms with Crippen molar-refractivity contribution in [3.8, 4) is 0 Å². The van der Waals surface area contributed by atoms with Crippen molar-refractivity contribution in [3.05, 3.63) is 35.4 Å². The highest BCUT2D eigenvalue weighted by molar-refractivity contribution is 5.87. The molecule has 0 saturated heterocycles. The van der Waals surface area contributed by atoms with Crippen LogP contribution in [0.25, 0.3) is 0 Å². The van der Waals surface area contributed by atoms with Crippen LogP contribution in [0.2, 0.25) is 0 Å². The molecule has 0 radical (unpaired) electrons. The summed E-state index contributed by atoms with van der Waals surface area (Å²) in [6.07, 6.45) is 5.55. The predicted octanol–water partition coefficient (Wildman–Crippen LogP) is 2.69. The molecule has 0 atom stereocenters. The first-order chi connectivity index (χ1) is 7.74. The molecule has 0 aromatic heterocycles. The summed E-state index contributed by atoms with van der Waals surface area (Å²) in [6.45, 7) is 0. The van der Waals surface area contributed by atoms with Gasteiger partial charge in [-0.3, -0.25) is 0 Å².